The van der Waals surface area contributed by atoms with Crippen molar-refractivity contribution < 1.29 is 8.83 Å². The molecule has 4 heterocycles. The second-order valence-corrected chi connectivity index (χ2v) is 13.8. The number of thiophene rings is 1. The van der Waals surface area contributed by atoms with Crippen LogP contribution in [0.25, 0.3) is 109 Å². The van der Waals surface area contributed by atoms with E-state index in [9.17, 15) is 0 Å². The Hall–Kier alpha value is -6.63. The van der Waals surface area contributed by atoms with Crippen LogP contribution in [0.4, 0.5) is 0 Å². The van der Waals surface area contributed by atoms with E-state index in [4.69, 9.17) is 23.8 Å². The molecule has 4 aromatic heterocycles. The third-order valence-corrected chi connectivity index (χ3v) is 11.0. The van der Waals surface area contributed by atoms with E-state index in [1.807, 2.05) is 60.7 Å². The molecule has 6 heteroatoms. The highest BCUT2D eigenvalue weighted by atomic mass is 32.1. The minimum Gasteiger partial charge on any atom is -0.456 e. The fraction of sp³-hybridized carbons (Fsp3) is 0. The molecule has 238 valence electrons. The summed E-state index contributed by atoms with van der Waals surface area (Å²) in [5.74, 6) is 1.82. The molecule has 0 radical (unpaired) electrons. The van der Waals surface area contributed by atoms with Crippen LogP contribution in [0.1, 0.15) is 0 Å². The molecule has 7 aromatic carbocycles. The molecule has 0 spiro atoms. The molecule has 51 heavy (non-hydrogen) atoms. The summed E-state index contributed by atoms with van der Waals surface area (Å²) in [5, 5.41) is 6.70. The van der Waals surface area contributed by atoms with E-state index in [-0.39, 0.29) is 0 Å². The number of furan rings is 2. The van der Waals surface area contributed by atoms with Crippen LogP contribution in [-0.2, 0) is 0 Å². The third-order valence-electron chi connectivity index (χ3n) is 9.76. The van der Waals surface area contributed by atoms with Crippen LogP contribution < -0.4 is 0 Å². The normalized spacial score (nSPS) is 11.9. The van der Waals surface area contributed by atoms with Crippen molar-refractivity contribution in [3.8, 4) is 45.3 Å². The second kappa shape index (κ2) is 10.9. The number of para-hydroxylation sites is 2. The van der Waals surface area contributed by atoms with Crippen LogP contribution in [0.15, 0.2) is 160 Å². The summed E-state index contributed by atoms with van der Waals surface area (Å²) in [6, 6.07) is 52.1. The number of aromatic nitrogens is 3. The molecule has 0 aliphatic carbocycles. The minimum absolute atomic E-state index is 0.569. The van der Waals surface area contributed by atoms with Crippen molar-refractivity contribution >= 4 is 75.4 Å². The smallest absolute Gasteiger partial charge is 0.167 e. The van der Waals surface area contributed by atoms with Gasteiger partial charge in [-0.05, 0) is 59.7 Å². The number of rotatable bonds is 4. The van der Waals surface area contributed by atoms with Gasteiger partial charge >= 0.3 is 0 Å². The summed E-state index contributed by atoms with van der Waals surface area (Å²) < 4.78 is 15.2. The molecule has 0 bridgehead atoms. The SMILES string of the molecule is c1ccc(-c2nc(-c3cccc4c3oc3cc(-c5ccc6oc7ccccc7c6c5)ccc34)nc(-c3cccc4c3sc3ccccc34)n2)cc1. The molecule has 0 atom stereocenters. The van der Waals surface area contributed by atoms with Gasteiger partial charge in [-0.2, -0.15) is 0 Å². The largest absolute Gasteiger partial charge is 0.456 e. The topological polar surface area (TPSA) is 65.0 Å². The van der Waals surface area contributed by atoms with Gasteiger partial charge in [0.25, 0.3) is 0 Å². The summed E-state index contributed by atoms with van der Waals surface area (Å²) in [7, 11) is 0. The first kappa shape index (κ1) is 28.2. The van der Waals surface area contributed by atoms with Gasteiger partial charge in [0, 0.05) is 52.8 Å². The van der Waals surface area contributed by atoms with E-state index >= 15 is 0 Å². The van der Waals surface area contributed by atoms with Gasteiger partial charge in [-0.15, -0.1) is 11.3 Å². The molecular weight excluding hydrogens is 647 g/mol. The molecule has 0 N–H and O–H groups in total. The van der Waals surface area contributed by atoms with Crippen LogP contribution in [0.5, 0.6) is 0 Å². The lowest BCUT2D eigenvalue weighted by Crippen LogP contribution is -2.00. The number of hydrogen-bond donors (Lipinski definition) is 0. The summed E-state index contributed by atoms with van der Waals surface area (Å²) in [6.45, 7) is 0. The molecule has 0 unspecified atom stereocenters. The molecule has 0 fully saturated rings. The Balaban J connectivity index is 1.09. The van der Waals surface area contributed by atoms with E-state index in [0.717, 1.165) is 76.4 Å². The molecule has 0 saturated heterocycles. The zero-order valence-corrected chi connectivity index (χ0v) is 27.8. The lowest BCUT2D eigenvalue weighted by atomic mass is 10.0. The highest BCUT2D eigenvalue weighted by Gasteiger charge is 2.20. The lowest BCUT2D eigenvalue weighted by molar-refractivity contribution is 0.669. The molecule has 5 nitrogen and oxygen atoms in total. The van der Waals surface area contributed by atoms with Gasteiger partial charge in [0.1, 0.15) is 22.3 Å². The fourth-order valence-electron chi connectivity index (χ4n) is 7.32. The van der Waals surface area contributed by atoms with Crippen LogP contribution >= 0.6 is 11.3 Å². The molecule has 11 aromatic rings. The Morgan fingerprint density at radius 3 is 1.92 bits per heavy atom. The van der Waals surface area contributed by atoms with Gasteiger partial charge in [0.2, 0.25) is 0 Å². The lowest BCUT2D eigenvalue weighted by Gasteiger charge is -2.09. The number of nitrogens with zero attached hydrogens (tertiary/aromatic N) is 3. The predicted molar refractivity (Wildman–Crippen MR) is 209 cm³/mol. The van der Waals surface area contributed by atoms with Crippen molar-refractivity contribution in [2.75, 3.05) is 0 Å². The van der Waals surface area contributed by atoms with Crippen LogP contribution in [0.3, 0.4) is 0 Å². The van der Waals surface area contributed by atoms with Gasteiger partial charge in [0.15, 0.2) is 17.5 Å². The van der Waals surface area contributed by atoms with E-state index in [2.05, 4.69) is 91.0 Å². The van der Waals surface area contributed by atoms with Crippen molar-refractivity contribution in [3.05, 3.63) is 152 Å². The standard InChI is InChI=1S/C45H25N3O2S/c1-2-10-26(11-3-1)43-46-44(48-45(47-43)35-17-9-15-33-31-13-5-7-19-40(31)51-42(33)35)34-16-8-14-32-30-22-20-28(25-39(30)50-41(32)34)27-21-23-38-36(24-27)29-12-4-6-18-37(29)49-38/h1-25H. The van der Waals surface area contributed by atoms with Crippen molar-refractivity contribution in [1.82, 2.24) is 15.0 Å². The zero-order chi connectivity index (χ0) is 33.5. The van der Waals surface area contributed by atoms with Gasteiger partial charge in [0.05, 0.1) is 5.56 Å². The Morgan fingerprint density at radius 1 is 0.373 bits per heavy atom. The van der Waals surface area contributed by atoms with E-state index in [0.29, 0.717) is 17.5 Å². The quantitative estimate of drug-likeness (QED) is 0.186. The molecule has 11 rings (SSSR count). The third kappa shape index (κ3) is 4.43. The molecule has 0 saturated carbocycles. The van der Waals surface area contributed by atoms with Crippen molar-refractivity contribution in [2.24, 2.45) is 0 Å². The number of benzene rings is 7. The predicted octanol–water partition coefficient (Wildman–Crippen LogP) is 12.7. The van der Waals surface area contributed by atoms with Gasteiger partial charge in [-0.1, -0.05) is 103 Å². The highest BCUT2D eigenvalue weighted by molar-refractivity contribution is 7.26. The van der Waals surface area contributed by atoms with E-state index in [1.165, 1.54) is 15.5 Å². The Labute approximate surface area is 295 Å². The van der Waals surface area contributed by atoms with Crippen LogP contribution in [0, 0.1) is 0 Å². The highest BCUT2D eigenvalue weighted by Crippen LogP contribution is 2.41. The molecular formula is C45H25N3O2S. The van der Waals surface area contributed by atoms with E-state index in [1.54, 1.807) is 11.3 Å². The molecule has 0 aliphatic heterocycles. The van der Waals surface area contributed by atoms with Gasteiger partial charge < -0.3 is 8.83 Å². The summed E-state index contributed by atoms with van der Waals surface area (Å²) >= 11 is 1.77. The number of fused-ring (bicyclic) bond motifs is 9. The summed E-state index contributed by atoms with van der Waals surface area (Å²) in [5.41, 5.74) is 8.22. The zero-order valence-electron chi connectivity index (χ0n) is 27.0. The van der Waals surface area contributed by atoms with Crippen molar-refractivity contribution in [3.63, 3.8) is 0 Å². The van der Waals surface area contributed by atoms with Crippen molar-refractivity contribution in [2.45, 2.75) is 0 Å². The minimum atomic E-state index is 0.569. The fourth-order valence-corrected chi connectivity index (χ4v) is 8.53. The van der Waals surface area contributed by atoms with Crippen LogP contribution in [-0.4, -0.2) is 15.0 Å². The maximum absolute atomic E-state index is 6.73. The Morgan fingerprint density at radius 2 is 1.02 bits per heavy atom. The first-order valence-electron chi connectivity index (χ1n) is 16.8. The number of hydrogen-bond acceptors (Lipinski definition) is 6. The Bertz CT molecular complexity index is 3160. The summed E-state index contributed by atoms with van der Waals surface area (Å²) in [6.07, 6.45) is 0. The van der Waals surface area contributed by atoms with Crippen LogP contribution in [0.2, 0.25) is 0 Å². The first-order chi connectivity index (χ1) is 25.2. The molecule has 0 aliphatic rings. The maximum atomic E-state index is 6.73. The van der Waals surface area contributed by atoms with Gasteiger partial charge in [-0.3, -0.25) is 0 Å². The molecule has 0 amide bonds. The summed E-state index contributed by atoms with van der Waals surface area (Å²) in [4.78, 5) is 15.3. The average Bonchev–Trinajstić information content (AvgIpc) is 3.88. The monoisotopic (exact) mass is 671 g/mol. The van der Waals surface area contributed by atoms with E-state index < -0.39 is 0 Å². The van der Waals surface area contributed by atoms with Crippen molar-refractivity contribution in [1.29, 1.82) is 0 Å². The average molecular weight is 672 g/mol. The maximum Gasteiger partial charge on any atom is 0.167 e. The second-order valence-electron chi connectivity index (χ2n) is 12.8. The van der Waals surface area contributed by atoms with Gasteiger partial charge in [-0.25, -0.2) is 15.0 Å². The Kier molecular flexibility index (Phi) is 6.05. The first-order valence-corrected chi connectivity index (χ1v) is 17.7.